The van der Waals surface area contributed by atoms with Gasteiger partial charge in [-0.2, -0.15) is 0 Å². The molecule has 0 radical (unpaired) electrons. The summed E-state index contributed by atoms with van der Waals surface area (Å²) in [7, 11) is 1.42. The Kier molecular flexibility index (Phi) is 3.84. The van der Waals surface area contributed by atoms with Crippen LogP contribution in [-0.4, -0.2) is 13.0 Å². The van der Waals surface area contributed by atoms with Gasteiger partial charge in [-0.25, -0.2) is 8.78 Å². The van der Waals surface area contributed by atoms with Crippen LogP contribution in [0.5, 0.6) is 5.75 Å². The largest absolute Gasteiger partial charge is 0.496 e. The van der Waals surface area contributed by atoms with Crippen molar-refractivity contribution in [1.82, 2.24) is 0 Å². The second-order valence-corrected chi connectivity index (χ2v) is 4.01. The molecule has 0 saturated heterocycles. The number of ether oxygens (including phenoxy) is 1. The lowest BCUT2D eigenvalue weighted by atomic mass is 10.1. The number of hydrogen-bond donors (Lipinski definition) is 2. The third-order valence-electron chi connectivity index (χ3n) is 2.69. The standard InChI is InChI=1S/C14H12F2N2O2/c1-20-13-5-3-2-4-8(13)14(19)18-12-7-11(17)9(15)6-10(12)16/h2-7H,17H2,1H3,(H,18,19). The average Bonchev–Trinajstić information content (AvgIpc) is 2.44. The van der Waals surface area contributed by atoms with E-state index in [1.165, 1.54) is 13.2 Å². The van der Waals surface area contributed by atoms with Gasteiger partial charge in [-0.05, 0) is 18.2 Å². The van der Waals surface area contributed by atoms with Gasteiger partial charge in [0.05, 0.1) is 24.0 Å². The molecule has 0 aliphatic heterocycles. The summed E-state index contributed by atoms with van der Waals surface area (Å²) in [6, 6.07) is 8.12. The highest BCUT2D eigenvalue weighted by molar-refractivity contribution is 6.06. The molecule has 104 valence electrons. The van der Waals surface area contributed by atoms with Gasteiger partial charge in [-0.1, -0.05) is 12.1 Å². The number of benzene rings is 2. The van der Waals surface area contributed by atoms with Crippen molar-refractivity contribution in [3.05, 3.63) is 53.6 Å². The first-order chi connectivity index (χ1) is 9.52. The smallest absolute Gasteiger partial charge is 0.259 e. The summed E-state index contributed by atoms with van der Waals surface area (Å²) in [5.74, 6) is -2.01. The predicted octanol–water partition coefficient (Wildman–Crippen LogP) is 2.81. The van der Waals surface area contributed by atoms with Gasteiger partial charge in [-0.15, -0.1) is 0 Å². The molecule has 0 atom stereocenters. The molecule has 1 amide bonds. The lowest BCUT2D eigenvalue weighted by molar-refractivity contribution is 0.102. The van der Waals surface area contributed by atoms with Gasteiger partial charge in [0.1, 0.15) is 17.4 Å². The molecule has 2 aromatic rings. The third-order valence-corrected chi connectivity index (χ3v) is 2.69. The summed E-state index contributed by atoms with van der Waals surface area (Å²) in [4.78, 5) is 12.0. The van der Waals surface area contributed by atoms with Crippen LogP contribution in [0.15, 0.2) is 36.4 Å². The number of nitrogen functional groups attached to an aromatic ring is 1. The minimum atomic E-state index is -0.903. The summed E-state index contributed by atoms with van der Waals surface area (Å²) < 4.78 is 31.6. The Morgan fingerprint density at radius 3 is 2.60 bits per heavy atom. The molecule has 20 heavy (non-hydrogen) atoms. The van der Waals surface area contributed by atoms with Crippen LogP contribution in [0.4, 0.5) is 20.2 Å². The average molecular weight is 278 g/mol. The van der Waals surface area contributed by atoms with E-state index in [0.717, 1.165) is 6.07 Å². The number of para-hydroxylation sites is 1. The number of amides is 1. The molecule has 2 rings (SSSR count). The summed E-state index contributed by atoms with van der Waals surface area (Å²) in [6.07, 6.45) is 0. The van der Waals surface area contributed by atoms with E-state index in [4.69, 9.17) is 10.5 Å². The second-order valence-electron chi connectivity index (χ2n) is 4.01. The van der Waals surface area contributed by atoms with Crippen molar-refractivity contribution in [2.24, 2.45) is 0 Å². The number of halogens is 2. The lowest BCUT2D eigenvalue weighted by Crippen LogP contribution is -2.14. The minimum Gasteiger partial charge on any atom is -0.496 e. The first-order valence-electron chi connectivity index (χ1n) is 5.72. The highest BCUT2D eigenvalue weighted by atomic mass is 19.1. The molecule has 0 saturated carbocycles. The molecular weight excluding hydrogens is 266 g/mol. The number of carbonyl (C=O) groups excluding carboxylic acids is 1. The van der Waals surface area contributed by atoms with E-state index in [1.807, 2.05) is 0 Å². The maximum Gasteiger partial charge on any atom is 0.259 e. The van der Waals surface area contributed by atoms with Crippen LogP contribution >= 0.6 is 0 Å². The van der Waals surface area contributed by atoms with E-state index in [-0.39, 0.29) is 16.9 Å². The van der Waals surface area contributed by atoms with Crippen molar-refractivity contribution in [3.8, 4) is 5.75 Å². The minimum absolute atomic E-state index is 0.195. The Morgan fingerprint density at radius 2 is 1.90 bits per heavy atom. The Labute approximate surface area is 114 Å². The van der Waals surface area contributed by atoms with E-state index in [1.54, 1.807) is 18.2 Å². The topological polar surface area (TPSA) is 64.3 Å². The molecule has 0 fully saturated rings. The number of rotatable bonds is 3. The Morgan fingerprint density at radius 1 is 1.20 bits per heavy atom. The van der Waals surface area contributed by atoms with Gasteiger partial charge >= 0.3 is 0 Å². The predicted molar refractivity (Wildman–Crippen MR) is 71.7 cm³/mol. The van der Waals surface area contributed by atoms with Crippen molar-refractivity contribution in [3.63, 3.8) is 0 Å². The Hall–Kier alpha value is -2.63. The maximum absolute atomic E-state index is 13.5. The Balaban J connectivity index is 2.30. The fourth-order valence-electron chi connectivity index (χ4n) is 1.68. The number of nitrogens with two attached hydrogens (primary N) is 1. The number of anilines is 2. The van der Waals surface area contributed by atoms with Crippen molar-refractivity contribution < 1.29 is 18.3 Å². The van der Waals surface area contributed by atoms with E-state index >= 15 is 0 Å². The number of nitrogens with one attached hydrogen (secondary N) is 1. The lowest BCUT2D eigenvalue weighted by Gasteiger charge is -2.10. The van der Waals surface area contributed by atoms with Crippen LogP contribution in [0.25, 0.3) is 0 Å². The van der Waals surface area contributed by atoms with Gasteiger partial charge in [0.25, 0.3) is 5.91 Å². The first-order valence-corrected chi connectivity index (χ1v) is 5.72. The van der Waals surface area contributed by atoms with Gasteiger partial charge in [0, 0.05) is 6.07 Å². The zero-order chi connectivity index (χ0) is 14.7. The number of hydrogen-bond acceptors (Lipinski definition) is 3. The molecule has 4 nitrogen and oxygen atoms in total. The quantitative estimate of drug-likeness (QED) is 0.848. The van der Waals surface area contributed by atoms with Crippen LogP contribution in [0, 0.1) is 11.6 Å². The highest BCUT2D eigenvalue weighted by Crippen LogP contribution is 2.23. The van der Waals surface area contributed by atoms with Crippen molar-refractivity contribution >= 4 is 17.3 Å². The van der Waals surface area contributed by atoms with Gasteiger partial charge in [-0.3, -0.25) is 4.79 Å². The molecule has 6 heteroatoms. The normalized spacial score (nSPS) is 10.2. The van der Waals surface area contributed by atoms with Gasteiger partial charge < -0.3 is 15.8 Å². The first kappa shape index (κ1) is 13.8. The number of carbonyl (C=O) groups is 1. The molecule has 2 aromatic carbocycles. The zero-order valence-electron chi connectivity index (χ0n) is 10.6. The molecule has 0 aliphatic rings. The SMILES string of the molecule is COc1ccccc1C(=O)Nc1cc(N)c(F)cc1F. The summed E-state index contributed by atoms with van der Waals surface area (Å²) in [5.41, 5.74) is 5.13. The molecular formula is C14H12F2N2O2. The zero-order valence-corrected chi connectivity index (χ0v) is 10.6. The van der Waals surface area contributed by atoms with Crippen LogP contribution in [-0.2, 0) is 0 Å². The molecule has 0 bridgehead atoms. The Bertz CT molecular complexity index is 660. The highest BCUT2D eigenvalue weighted by Gasteiger charge is 2.15. The van der Waals surface area contributed by atoms with E-state index in [2.05, 4.69) is 5.32 Å². The van der Waals surface area contributed by atoms with E-state index < -0.39 is 17.5 Å². The summed E-state index contributed by atoms with van der Waals surface area (Å²) >= 11 is 0. The van der Waals surface area contributed by atoms with E-state index in [9.17, 15) is 13.6 Å². The monoisotopic (exact) mass is 278 g/mol. The van der Waals surface area contributed by atoms with Crippen molar-refractivity contribution in [1.29, 1.82) is 0 Å². The molecule has 0 spiro atoms. The molecule has 0 aromatic heterocycles. The molecule has 0 unspecified atom stereocenters. The molecule has 0 aliphatic carbocycles. The summed E-state index contributed by atoms with van der Waals surface area (Å²) in [6.45, 7) is 0. The third kappa shape index (κ3) is 2.69. The molecule has 0 heterocycles. The van der Waals surface area contributed by atoms with Gasteiger partial charge in [0.15, 0.2) is 0 Å². The fourth-order valence-corrected chi connectivity index (χ4v) is 1.68. The van der Waals surface area contributed by atoms with Crippen LogP contribution in [0.3, 0.4) is 0 Å². The maximum atomic E-state index is 13.5. The van der Waals surface area contributed by atoms with Gasteiger partial charge in [0.2, 0.25) is 0 Å². The van der Waals surface area contributed by atoms with Crippen LogP contribution in [0.2, 0.25) is 0 Å². The summed E-state index contributed by atoms with van der Waals surface area (Å²) in [5, 5.41) is 2.33. The van der Waals surface area contributed by atoms with Crippen molar-refractivity contribution in [2.45, 2.75) is 0 Å². The fraction of sp³-hybridized carbons (Fsp3) is 0.0714. The van der Waals surface area contributed by atoms with Crippen molar-refractivity contribution in [2.75, 3.05) is 18.2 Å². The van der Waals surface area contributed by atoms with E-state index in [0.29, 0.717) is 11.8 Å². The molecule has 3 N–H and O–H groups in total. The van der Waals surface area contributed by atoms with Crippen LogP contribution in [0.1, 0.15) is 10.4 Å². The van der Waals surface area contributed by atoms with Crippen LogP contribution < -0.4 is 15.8 Å². The second kappa shape index (κ2) is 5.56. The number of methoxy groups -OCH3 is 1.